The van der Waals surface area contributed by atoms with Gasteiger partial charge in [-0.05, 0) is 24.2 Å². The molecule has 0 radical (unpaired) electrons. The van der Waals surface area contributed by atoms with Crippen molar-refractivity contribution in [3.63, 3.8) is 0 Å². The molecule has 19 heavy (non-hydrogen) atoms. The maximum atomic E-state index is 12.4. The second kappa shape index (κ2) is 5.51. The van der Waals surface area contributed by atoms with Gasteiger partial charge in [-0.3, -0.25) is 9.59 Å². The van der Waals surface area contributed by atoms with Gasteiger partial charge in [-0.1, -0.05) is 48.5 Å². The maximum Gasteiger partial charge on any atom is 0.324 e. The van der Waals surface area contributed by atoms with Crippen molar-refractivity contribution in [3.05, 3.63) is 0 Å². The molecule has 0 heterocycles. The highest BCUT2D eigenvalue weighted by atomic mass is 16.5. The summed E-state index contributed by atoms with van der Waals surface area (Å²) < 4.78 is 5.44. The third-order valence-corrected chi connectivity index (χ3v) is 4.03. The van der Waals surface area contributed by atoms with Crippen molar-refractivity contribution >= 4 is 11.9 Å². The van der Waals surface area contributed by atoms with Gasteiger partial charge in [0.1, 0.15) is 6.10 Å². The summed E-state index contributed by atoms with van der Waals surface area (Å²) in [7, 11) is 0. The molecule has 0 rings (SSSR count). The van der Waals surface area contributed by atoms with Crippen molar-refractivity contribution in [2.75, 3.05) is 0 Å². The van der Waals surface area contributed by atoms with E-state index in [9.17, 15) is 14.7 Å². The zero-order chi connectivity index (χ0) is 15.6. The summed E-state index contributed by atoms with van der Waals surface area (Å²) >= 11 is 0. The van der Waals surface area contributed by atoms with Crippen LogP contribution in [0.25, 0.3) is 0 Å². The van der Waals surface area contributed by atoms with Crippen molar-refractivity contribution in [1.29, 1.82) is 0 Å². The fourth-order valence-corrected chi connectivity index (χ4v) is 1.98. The van der Waals surface area contributed by atoms with Gasteiger partial charge in [-0.2, -0.15) is 0 Å². The van der Waals surface area contributed by atoms with Crippen molar-refractivity contribution in [2.45, 2.75) is 67.9 Å². The van der Waals surface area contributed by atoms with E-state index in [1.807, 2.05) is 20.8 Å². The molecule has 1 N–H and O–H groups in total. The van der Waals surface area contributed by atoms with Crippen molar-refractivity contribution in [1.82, 2.24) is 0 Å². The molecule has 0 aromatic carbocycles. The lowest BCUT2D eigenvalue weighted by atomic mass is 9.64. The summed E-state index contributed by atoms with van der Waals surface area (Å²) in [4.78, 5) is 24.1. The predicted octanol–water partition coefficient (Wildman–Crippen LogP) is 3.49. The second-order valence-corrected chi connectivity index (χ2v) is 7.23. The van der Waals surface area contributed by atoms with E-state index in [1.54, 1.807) is 34.6 Å². The average Bonchev–Trinajstić information content (AvgIpc) is 2.14. The number of ether oxygens (including phenoxy) is 1. The van der Waals surface area contributed by atoms with Gasteiger partial charge in [0.25, 0.3) is 0 Å². The maximum absolute atomic E-state index is 12.4. The van der Waals surface area contributed by atoms with Crippen LogP contribution in [0.15, 0.2) is 0 Å². The molecule has 0 aliphatic rings. The standard InChI is InChI=1S/C15H28O4/c1-9-15(11(16)17,14(6,7)8)12(18)19-10(2)13(3,4)5/h10H,9H2,1-8H3,(H,16,17). The second-order valence-electron chi connectivity index (χ2n) is 7.23. The molecule has 2 unspecified atom stereocenters. The summed E-state index contributed by atoms with van der Waals surface area (Å²) in [5, 5.41) is 9.54. The van der Waals surface area contributed by atoms with Crippen LogP contribution in [0.3, 0.4) is 0 Å². The Labute approximate surface area is 116 Å². The Bertz CT molecular complexity index is 346. The quantitative estimate of drug-likeness (QED) is 0.628. The fourth-order valence-electron chi connectivity index (χ4n) is 1.98. The molecule has 0 spiro atoms. The molecular weight excluding hydrogens is 244 g/mol. The highest BCUT2D eigenvalue weighted by Gasteiger charge is 2.55. The smallest absolute Gasteiger partial charge is 0.324 e. The highest BCUT2D eigenvalue weighted by Crippen LogP contribution is 2.44. The van der Waals surface area contributed by atoms with E-state index in [0.717, 1.165) is 0 Å². The summed E-state index contributed by atoms with van der Waals surface area (Å²) in [5.74, 6) is -1.76. The molecule has 0 bridgehead atoms. The SMILES string of the molecule is CCC(C(=O)O)(C(=O)OC(C)C(C)(C)C)C(C)(C)C. The highest BCUT2D eigenvalue weighted by molar-refractivity contribution is 6.00. The molecule has 0 saturated carbocycles. The van der Waals surface area contributed by atoms with Crippen LogP contribution >= 0.6 is 0 Å². The van der Waals surface area contributed by atoms with Crippen molar-refractivity contribution in [3.8, 4) is 0 Å². The molecular formula is C15H28O4. The molecule has 0 aromatic rings. The molecule has 4 nitrogen and oxygen atoms in total. The first-order valence-corrected chi connectivity index (χ1v) is 6.75. The van der Waals surface area contributed by atoms with Gasteiger partial charge in [0, 0.05) is 0 Å². The molecule has 0 amide bonds. The lowest BCUT2D eigenvalue weighted by Gasteiger charge is -2.40. The Morgan fingerprint density at radius 1 is 1.11 bits per heavy atom. The van der Waals surface area contributed by atoms with Crippen LogP contribution in [0.4, 0.5) is 0 Å². The first kappa shape index (κ1) is 17.9. The van der Waals surface area contributed by atoms with E-state index >= 15 is 0 Å². The number of hydrogen-bond acceptors (Lipinski definition) is 3. The van der Waals surface area contributed by atoms with Crippen LogP contribution in [0, 0.1) is 16.2 Å². The third kappa shape index (κ3) is 3.48. The minimum Gasteiger partial charge on any atom is -0.480 e. The number of carboxylic acid groups (broad SMARTS) is 1. The molecule has 0 saturated heterocycles. The Balaban J connectivity index is 5.45. The summed E-state index contributed by atoms with van der Waals surface area (Å²) in [6.45, 7) is 14.6. The molecule has 2 atom stereocenters. The Kier molecular flexibility index (Phi) is 5.21. The number of esters is 1. The van der Waals surface area contributed by atoms with Crippen LogP contribution < -0.4 is 0 Å². The van der Waals surface area contributed by atoms with E-state index < -0.39 is 22.8 Å². The first-order chi connectivity index (χ1) is 8.30. The van der Waals surface area contributed by atoms with Gasteiger partial charge in [0.05, 0.1) is 0 Å². The van der Waals surface area contributed by atoms with E-state index in [1.165, 1.54) is 0 Å². The van der Waals surface area contributed by atoms with Gasteiger partial charge in [-0.25, -0.2) is 0 Å². The number of carbonyl (C=O) groups excluding carboxylic acids is 1. The molecule has 0 fully saturated rings. The van der Waals surface area contributed by atoms with E-state index in [4.69, 9.17) is 4.74 Å². The normalized spacial score (nSPS) is 17.5. The number of aliphatic carboxylic acids is 1. The number of carboxylic acids is 1. The molecule has 0 aromatic heterocycles. The Morgan fingerprint density at radius 3 is 1.74 bits per heavy atom. The fraction of sp³-hybridized carbons (Fsp3) is 0.867. The van der Waals surface area contributed by atoms with E-state index in [0.29, 0.717) is 0 Å². The van der Waals surface area contributed by atoms with Crippen LogP contribution in [-0.2, 0) is 14.3 Å². The number of rotatable bonds is 4. The summed E-state index contributed by atoms with van der Waals surface area (Å²) in [6, 6.07) is 0. The topological polar surface area (TPSA) is 63.6 Å². The van der Waals surface area contributed by atoms with E-state index in [2.05, 4.69) is 0 Å². The average molecular weight is 272 g/mol. The third-order valence-electron chi connectivity index (χ3n) is 4.03. The van der Waals surface area contributed by atoms with Gasteiger partial charge < -0.3 is 9.84 Å². The van der Waals surface area contributed by atoms with Crippen LogP contribution in [0.2, 0.25) is 0 Å². The molecule has 112 valence electrons. The molecule has 0 aliphatic carbocycles. The Morgan fingerprint density at radius 2 is 1.53 bits per heavy atom. The van der Waals surface area contributed by atoms with Crippen LogP contribution in [0.1, 0.15) is 61.8 Å². The zero-order valence-electron chi connectivity index (χ0n) is 13.5. The monoisotopic (exact) mass is 272 g/mol. The number of hydrogen-bond donors (Lipinski definition) is 1. The van der Waals surface area contributed by atoms with Crippen molar-refractivity contribution < 1.29 is 19.4 Å². The van der Waals surface area contributed by atoms with Gasteiger partial charge in [-0.15, -0.1) is 0 Å². The molecule has 4 heteroatoms. The van der Waals surface area contributed by atoms with Gasteiger partial charge >= 0.3 is 11.9 Å². The van der Waals surface area contributed by atoms with Crippen LogP contribution in [-0.4, -0.2) is 23.1 Å². The molecule has 0 aliphatic heterocycles. The number of carbonyl (C=O) groups is 2. The van der Waals surface area contributed by atoms with Gasteiger partial charge in [0.2, 0.25) is 0 Å². The lowest BCUT2D eigenvalue weighted by molar-refractivity contribution is -0.185. The van der Waals surface area contributed by atoms with E-state index in [-0.39, 0.29) is 17.9 Å². The Hall–Kier alpha value is -1.06. The zero-order valence-corrected chi connectivity index (χ0v) is 13.5. The predicted molar refractivity (Wildman–Crippen MR) is 74.8 cm³/mol. The summed E-state index contributed by atoms with van der Waals surface area (Å²) in [6.07, 6.45) is -0.130. The van der Waals surface area contributed by atoms with Gasteiger partial charge in [0.15, 0.2) is 5.41 Å². The minimum atomic E-state index is -1.51. The van der Waals surface area contributed by atoms with Crippen LogP contribution in [0.5, 0.6) is 0 Å². The minimum absolute atomic E-state index is 0.210. The largest absolute Gasteiger partial charge is 0.480 e. The lowest BCUT2D eigenvalue weighted by Crippen LogP contribution is -2.51. The first-order valence-electron chi connectivity index (χ1n) is 6.75. The van der Waals surface area contributed by atoms with Crippen molar-refractivity contribution in [2.24, 2.45) is 16.2 Å². The summed E-state index contributed by atoms with van der Waals surface area (Å²) in [5.41, 5.74) is -2.43.